The normalized spacial score (nSPS) is 9.83. The first-order chi connectivity index (χ1) is 11.0. The Hall–Kier alpha value is -2.50. The third-order valence-electron chi connectivity index (χ3n) is 2.87. The van der Waals surface area contributed by atoms with Crippen molar-refractivity contribution in [3.05, 3.63) is 42.0 Å². The first-order valence-electron chi connectivity index (χ1n) is 7.48. The number of alkyl carbamates (subject to hydrolysis) is 1. The quantitative estimate of drug-likeness (QED) is 0.430. The van der Waals surface area contributed by atoms with Crippen LogP contribution in [0.1, 0.15) is 19.4 Å². The number of rotatable bonds is 9. The molecule has 6 nitrogen and oxygen atoms in total. The summed E-state index contributed by atoms with van der Waals surface area (Å²) in [5.74, 6) is 0.251. The molecule has 0 aliphatic heterocycles. The van der Waals surface area contributed by atoms with Gasteiger partial charge in [0.05, 0.1) is 6.54 Å². The molecule has 0 fully saturated rings. The van der Waals surface area contributed by atoms with Gasteiger partial charge in [-0.2, -0.15) is 0 Å². The fourth-order valence-electron chi connectivity index (χ4n) is 1.59. The number of carbonyl (C=O) groups is 2. The van der Waals surface area contributed by atoms with Crippen LogP contribution in [-0.4, -0.2) is 38.4 Å². The molecule has 0 saturated carbocycles. The molecule has 0 atom stereocenters. The van der Waals surface area contributed by atoms with E-state index in [1.807, 2.05) is 24.3 Å². The van der Waals surface area contributed by atoms with Gasteiger partial charge in [0.2, 0.25) is 0 Å². The lowest BCUT2D eigenvalue weighted by atomic mass is 10.2. The van der Waals surface area contributed by atoms with Crippen LogP contribution in [0.4, 0.5) is 4.79 Å². The number of hydrogen-bond acceptors (Lipinski definition) is 5. The number of hydrogen-bond donors (Lipinski definition) is 1. The highest BCUT2D eigenvalue weighted by Crippen LogP contribution is 2.12. The molecule has 0 heterocycles. The molecule has 0 radical (unpaired) electrons. The molecule has 1 amide bonds. The number of ether oxygens (including phenoxy) is 3. The molecule has 1 rings (SSSR count). The minimum absolute atomic E-state index is 0.0705. The number of amides is 1. The largest absolute Gasteiger partial charge is 0.490 e. The number of nitrogens with one attached hydrogen (secondary N) is 1. The van der Waals surface area contributed by atoms with Crippen molar-refractivity contribution in [2.24, 2.45) is 0 Å². The fourth-order valence-corrected chi connectivity index (χ4v) is 1.59. The predicted octanol–water partition coefficient (Wildman–Crippen LogP) is 2.47. The van der Waals surface area contributed by atoms with Gasteiger partial charge in [-0.15, -0.1) is 0 Å². The second-order valence-corrected chi connectivity index (χ2v) is 4.82. The van der Waals surface area contributed by atoms with E-state index in [1.54, 1.807) is 6.92 Å². The molecule has 1 aromatic rings. The van der Waals surface area contributed by atoms with Crippen molar-refractivity contribution in [1.82, 2.24) is 5.32 Å². The van der Waals surface area contributed by atoms with Crippen molar-refractivity contribution in [2.45, 2.75) is 20.3 Å². The van der Waals surface area contributed by atoms with Crippen LogP contribution < -0.4 is 10.1 Å². The zero-order valence-corrected chi connectivity index (χ0v) is 13.6. The van der Waals surface area contributed by atoms with Crippen LogP contribution in [-0.2, 0) is 20.7 Å². The SMILES string of the molecule is C=C(C)C(=O)OCCNC(=O)OCCOc1ccc(CC)cc1. The molecule has 0 spiro atoms. The zero-order chi connectivity index (χ0) is 17.1. The van der Waals surface area contributed by atoms with Crippen LogP contribution in [0.2, 0.25) is 0 Å². The van der Waals surface area contributed by atoms with Gasteiger partial charge in [-0.05, 0) is 31.0 Å². The third kappa shape index (κ3) is 7.90. The minimum atomic E-state index is -0.582. The Labute approximate surface area is 136 Å². The van der Waals surface area contributed by atoms with E-state index in [0.29, 0.717) is 5.57 Å². The van der Waals surface area contributed by atoms with Crippen LogP contribution >= 0.6 is 0 Å². The molecule has 1 aromatic carbocycles. The lowest BCUT2D eigenvalue weighted by Gasteiger charge is -2.09. The molecule has 0 saturated heterocycles. The van der Waals surface area contributed by atoms with E-state index in [0.717, 1.165) is 12.2 Å². The Bertz CT molecular complexity index is 524. The van der Waals surface area contributed by atoms with Gasteiger partial charge in [0.25, 0.3) is 0 Å². The van der Waals surface area contributed by atoms with Crippen LogP contribution in [0.3, 0.4) is 0 Å². The van der Waals surface area contributed by atoms with Crippen molar-refractivity contribution in [3.63, 3.8) is 0 Å². The molecule has 0 aliphatic carbocycles. The van der Waals surface area contributed by atoms with E-state index in [-0.39, 0.29) is 26.4 Å². The Morgan fingerprint density at radius 1 is 1.09 bits per heavy atom. The Morgan fingerprint density at radius 3 is 2.39 bits per heavy atom. The summed E-state index contributed by atoms with van der Waals surface area (Å²) in [7, 11) is 0. The first-order valence-corrected chi connectivity index (χ1v) is 7.48. The van der Waals surface area contributed by atoms with Crippen molar-refractivity contribution >= 4 is 12.1 Å². The molecule has 0 bridgehead atoms. The fraction of sp³-hybridized carbons (Fsp3) is 0.412. The van der Waals surface area contributed by atoms with Gasteiger partial charge in [0.1, 0.15) is 25.6 Å². The van der Waals surface area contributed by atoms with Crippen LogP contribution in [0.15, 0.2) is 36.4 Å². The van der Waals surface area contributed by atoms with Crippen molar-refractivity contribution < 1.29 is 23.8 Å². The van der Waals surface area contributed by atoms with Gasteiger partial charge in [-0.3, -0.25) is 0 Å². The third-order valence-corrected chi connectivity index (χ3v) is 2.87. The summed E-state index contributed by atoms with van der Waals surface area (Å²) >= 11 is 0. The summed E-state index contributed by atoms with van der Waals surface area (Å²) in [6.07, 6.45) is 0.395. The molecule has 0 unspecified atom stereocenters. The highest BCUT2D eigenvalue weighted by Gasteiger charge is 2.04. The smallest absolute Gasteiger partial charge is 0.407 e. The second kappa shape index (κ2) is 10.3. The topological polar surface area (TPSA) is 73.9 Å². The first kappa shape index (κ1) is 18.5. The maximum Gasteiger partial charge on any atom is 0.407 e. The summed E-state index contributed by atoms with van der Waals surface area (Å²) in [5, 5.41) is 2.47. The van der Waals surface area contributed by atoms with Gasteiger partial charge >= 0.3 is 12.1 Å². The van der Waals surface area contributed by atoms with E-state index < -0.39 is 12.1 Å². The van der Waals surface area contributed by atoms with Crippen molar-refractivity contribution in [1.29, 1.82) is 0 Å². The minimum Gasteiger partial charge on any atom is -0.490 e. The number of esters is 1. The summed E-state index contributed by atoms with van der Waals surface area (Å²) in [6, 6.07) is 7.76. The van der Waals surface area contributed by atoms with Crippen LogP contribution in [0.25, 0.3) is 0 Å². The van der Waals surface area contributed by atoms with Gasteiger partial charge in [-0.1, -0.05) is 25.6 Å². The zero-order valence-electron chi connectivity index (χ0n) is 13.6. The van der Waals surface area contributed by atoms with E-state index in [1.165, 1.54) is 5.56 Å². The second-order valence-electron chi connectivity index (χ2n) is 4.82. The molecule has 126 valence electrons. The average Bonchev–Trinajstić information content (AvgIpc) is 2.55. The lowest BCUT2D eigenvalue weighted by Crippen LogP contribution is -2.29. The Morgan fingerprint density at radius 2 is 1.78 bits per heavy atom. The summed E-state index contributed by atoms with van der Waals surface area (Å²) < 4.78 is 15.2. The molecular formula is C17H23NO5. The van der Waals surface area contributed by atoms with Crippen LogP contribution in [0, 0.1) is 0 Å². The van der Waals surface area contributed by atoms with Gasteiger partial charge in [0, 0.05) is 5.57 Å². The average molecular weight is 321 g/mol. The van der Waals surface area contributed by atoms with Crippen LogP contribution in [0.5, 0.6) is 5.75 Å². The van der Waals surface area contributed by atoms with E-state index in [2.05, 4.69) is 18.8 Å². The maximum atomic E-state index is 11.4. The van der Waals surface area contributed by atoms with Crippen molar-refractivity contribution in [2.75, 3.05) is 26.4 Å². The highest BCUT2D eigenvalue weighted by atomic mass is 16.6. The van der Waals surface area contributed by atoms with E-state index in [4.69, 9.17) is 14.2 Å². The number of aryl methyl sites for hydroxylation is 1. The lowest BCUT2D eigenvalue weighted by molar-refractivity contribution is -0.138. The Kier molecular flexibility index (Phi) is 8.28. The monoisotopic (exact) mass is 321 g/mol. The standard InChI is InChI=1S/C17H23NO5/c1-4-14-5-7-15(8-6-14)21-11-12-23-17(20)18-9-10-22-16(19)13(2)3/h5-8H,2,4,9-12H2,1,3H3,(H,18,20). The number of benzene rings is 1. The maximum absolute atomic E-state index is 11.4. The van der Waals surface area contributed by atoms with Crippen molar-refractivity contribution in [3.8, 4) is 5.75 Å². The summed E-state index contributed by atoms with van der Waals surface area (Å²) in [6.45, 7) is 7.74. The molecule has 6 heteroatoms. The Balaban J connectivity index is 2.07. The highest BCUT2D eigenvalue weighted by molar-refractivity contribution is 5.86. The van der Waals surface area contributed by atoms with E-state index >= 15 is 0 Å². The van der Waals surface area contributed by atoms with Gasteiger partial charge < -0.3 is 19.5 Å². The molecule has 0 aliphatic rings. The molecule has 0 aromatic heterocycles. The number of carbonyl (C=O) groups excluding carboxylic acids is 2. The van der Waals surface area contributed by atoms with E-state index in [9.17, 15) is 9.59 Å². The molecular weight excluding hydrogens is 298 g/mol. The summed E-state index contributed by atoms with van der Waals surface area (Å²) in [5.41, 5.74) is 1.55. The van der Waals surface area contributed by atoms with Gasteiger partial charge in [0.15, 0.2) is 0 Å². The molecule has 1 N–H and O–H groups in total. The molecule has 23 heavy (non-hydrogen) atoms. The summed E-state index contributed by atoms with van der Waals surface area (Å²) in [4.78, 5) is 22.5. The van der Waals surface area contributed by atoms with Gasteiger partial charge in [-0.25, -0.2) is 9.59 Å². The predicted molar refractivity (Wildman–Crippen MR) is 86.4 cm³/mol.